The Balaban J connectivity index is 1.61. The van der Waals surface area contributed by atoms with Gasteiger partial charge in [-0.15, -0.1) is 11.3 Å². The fourth-order valence-electron chi connectivity index (χ4n) is 2.81. The molecule has 148 valence electrons. The maximum Gasteiger partial charge on any atom is 0.258 e. The van der Waals surface area contributed by atoms with Gasteiger partial charge >= 0.3 is 0 Å². The SMILES string of the molecule is CCC(C)C(CO)NC(=O)COc1ccc2c(c1)O/C(=C\c1cccs1)C2=O. The maximum absolute atomic E-state index is 12.4. The number of amides is 1. The molecule has 1 amide bonds. The molecule has 2 atom stereocenters. The number of fused-ring (bicyclic) bond motifs is 1. The van der Waals surface area contributed by atoms with Gasteiger partial charge in [-0.25, -0.2) is 0 Å². The Morgan fingerprint density at radius 3 is 2.89 bits per heavy atom. The molecule has 0 spiro atoms. The van der Waals surface area contributed by atoms with E-state index in [0.717, 1.165) is 11.3 Å². The summed E-state index contributed by atoms with van der Waals surface area (Å²) in [5, 5.41) is 14.1. The van der Waals surface area contributed by atoms with E-state index in [1.165, 1.54) is 11.3 Å². The lowest BCUT2D eigenvalue weighted by atomic mass is 10.00. The summed E-state index contributed by atoms with van der Waals surface area (Å²) in [5.74, 6) is 0.803. The lowest BCUT2D eigenvalue weighted by Crippen LogP contribution is -2.43. The molecule has 2 N–H and O–H groups in total. The van der Waals surface area contributed by atoms with Crippen molar-refractivity contribution in [1.82, 2.24) is 5.32 Å². The van der Waals surface area contributed by atoms with Crippen molar-refractivity contribution < 1.29 is 24.2 Å². The number of Topliss-reactive ketones (excluding diaryl/α,β-unsaturated/α-hetero) is 1. The van der Waals surface area contributed by atoms with Crippen molar-refractivity contribution in [2.45, 2.75) is 26.3 Å². The first-order chi connectivity index (χ1) is 13.5. The lowest BCUT2D eigenvalue weighted by molar-refractivity contribution is -0.124. The number of hydrogen-bond donors (Lipinski definition) is 2. The summed E-state index contributed by atoms with van der Waals surface area (Å²) in [6.07, 6.45) is 2.56. The normalized spacial score (nSPS) is 16.4. The highest BCUT2D eigenvalue weighted by Crippen LogP contribution is 2.35. The summed E-state index contributed by atoms with van der Waals surface area (Å²) >= 11 is 1.52. The van der Waals surface area contributed by atoms with Gasteiger partial charge in [0.1, 0.15) is 11.5 Å². The van der Waals surface area contributed by atoms with E-state index in [4.69, 9.17) is 9.47 Å². The van der Waals surface area contributed by atoms with Gasteiger partial charge in [0, 0.05) is 17.0 Å². The average Bonchev–Trinajstić information content (AvgIpc) is 3.32. The number of aliphatic hydroxyl groups is 1. The molecule has 2 unspecified atom stereocenters. The number of aliphatic hydroxyl groups excluding tert-OH is 1. The van der Waals surface area contributed by atoms with Crippen LogP contribution in [0.2, 0.25) is 0 Å². The number of allylic oxidation sites excluding steroid dienone is 1. The Morgan fingerprint density at radius 2 is 2.21 bits per heavy atom. The molecule has 3 rings (SSSR count). The molecule has 1 aliphatic rings. The highest BCUT2D eigenvalue weighted by Gasteiger charge is 2.28. The van der Waals surface area contributed by atoms with E-state index < -0.39 is 0 Å². The van der Waals surface area contributed by atoms with Crippen LogP contribution in [0.25, 0.3) is 6.08 Å². The van der Waals surface area contributed by atoms with Crippen LogP contribution in [0.5, 0.6) is 11.5 Å². The molecule has 1 aromatic heterocycles. The zero-order valence-corrected chi connectivity index (χ0v) is 16.6. The zero-order chi connectivity index (χ0) is 20.1. The molecule has 0 saturated carbocycles. The topological polar surface area (TPSA) is 84.9 Å². The third kappa shape index (κ3) is 4.61. The van der Waals surface area contributed by atoms with Crippen LogP contribution in [0.1, 0.15) is 35.5 Å². The fraction of sp³-hybridized carbons (Fsp3) is 0.333. The zero-order valence-electron chi connectivity index (χ0n) is 15.8. The monoisotopic (exact) mass is 401 g/mol. The van der Waals surface area contributed by atoms with Gasteiger partial charge in [0.25, 0.3) is 5.91 Å². The molecule has 1 aliphatic heterocycles. The number of carbonyl (C=O) groups is 2. The van der Waals surface area contributed by atoms with Crippen LogP contribution in [-0.2, 0) is 4.79 Å². The standard InChI is InChI=1S/C21H23NO5S/c1-3-13(2)17(11-23)22-20(24)12-26-14-6-7-16-18(9-14)27-19(21(16)25)10-15-5-4-8-28-15/h4-10,13,17,23H,3,11-12H2,1-2H3,(H,22,24)/b19-10-. The molecule has 1 aromatic carbocycles. The molecule has 2 heterocycles. The summed E-state index contributed by atoms with van der Waals surface area (Å²) in [7, 11) is 0. The minimum Gasteiger partial charge on any atom is -0.484 e. The van der Waals surface area contributed by atoms with Crippen LogP contribution in [0.3, 0.4) is 0 Å². The van der Waals surface area contributed by atoms with Gasteiger partial charge in [-0.05, 0) is 29.5 Å². The minimum absolute atomic E-state index is 0.116. The Labute approximate surface area is 167 Å². The summed E-state index contributed by atoms with van der Waals surface area (Å²) in [6.45, 7) is 3.67. The highest BCUT2D eigenvalue weighted by atomic mass is 32.1. The first-order valence-electron chi connectivity index (χ1n) is 9.16. The first kappa shape index (κ1) is 20.1. The van der Waals surface area contributed by atoms with Crippen LogP contribution in [0.15, 0.2) is 41.5 Å². The van der Waals surface area contributed by atoms with Crippen molar-refractivity contribution in [3.8, 4) is 11.5 Å². The van der Waals surface area contributed by atoms with Crippen LogP contribution >= 0.6 is 11.3 Å². The Morgan fingerprint density at radius 1 is 1.39 bits per heavy atom. The Hall–Kier alpha value is -2.64. The molecule has 0 radical (unpaired) electrons. The summed E-state index contributed by atoms with van der Waals surface area (Å²) in [6, 6.07) is 8.39. The number of ether oxygens (including phenoxy) is 2. The van der Waals surface area contributed by atoms with E-state index >= 15 is 0 Å². The largest absolute Gasteiger partial charge is 0.484 e. The molecule has 6 nitrogen and oxygen atoms in total. The van der Waals surface area contributed by atoms with Crippen molar-refractivity contribution in [2.24, 2.45) is 5.92 Å². The van der Waals surface area contributed by atoms with Crippen molar-refractivity contribution in [1.29, 1.82) is 0 Å². The maximum atomic E-state index is 12.4. The number of benzene rings is 1. The van der Waals surface area contributed by atoms with Crippen LogP contribution in [0.4, 0.5) is 0 Å². The minimum atomic E-state index is -0.310. The van der Waals surface area contributed by atoms with Crippen molar-refractivity contribution >= 4 is 29.1 Å². The molecular formula is C21H23NO5S. The number of ketones is 1. The van der Waals surface area contributed by atoms with E-state index in [1.54, 1.807) is 24.3 Å². The summed E-state index contributed by atoms with van der Waals surface area (Å²) in [5.41, 5.74) is 0.469. The second-order valence-corrected chi connectivity index (χ2v) is 7.62. The third-order valence-corrected chi connectivity index (χ3v) is 5.52. The number of hydrogen-bond acceptors (Lipinski definition) is 6. The van der Waals surface area contributed by atoms with E-state index in [9.17, 15) is 14.7 Å². The van der Waals surface area contributed by atoms with Crippen molar-refractivity contribution in [3.05, 3.63) is 51.9 Å². The van der Waals surface area contributed by atoms with Gasteiger partial charge in [-0.3, -0.25) is 9.59 Å². The summed E-state index contributed by atoms with van der Waals surface area (Å²) in [4.78, 5) is 25.4. The molecule has 2 aromatic rings. The predicted molar refractivity (Wildman–Crippen MR) is 108 cm³/mol. The van der Waals surface area contributed by atoms with Gasteiger partial charge in [-0.2, -0.15) is 0 Å². The smallest absolute Gasteiger partial charge is 0.258 e. The van der Waals surface area contributed by atoms with Gasteiger partial charge in [0.15, 0.2) is 12.4 Å². The highest BCUT2D eigenvalue weighted by molar-refractivity contribution is 7.10. The molecule has 0 bridgehead atoms. The molecule has 7 heteroatoms. The van der Waals surface area contributed by atoms with Crippen molar-refractivity contribution in [2.75, 3.05) is 13.2 Å². The van der Waals surface area contributed by atoms with Crippen LogP contribution in [0, 0.1) is 5.92 Å². The molecular weight excluding hydrogens is 378 g/mol. The number of nitrogens with one attached hydrogen (secondary N) is 1. The summed E-state index contributed by atoms with van der Waals surface area (Å²) < 4.78 is 11.2. The predicted octanol–water partition coefficient (Wildman–Crippen LogP) is 3.27. The number of thiophene rings is 1. The number of rotatable bonds is 8. The van der Waals surface area contributed by atoms with E-state index in [2.05, 4.69) is 5.32 Å². The van der Waals surface area contributed by atoms with E-state index in [0.29, 0.717) is 17.1 Å². The van der Waals surface area contributed by atoms with Gasteiger partial charge in [-0.1, -0.05) is 26.3 Å². The molecule has 0 saturated heterocycles. The third-order valence-electron chi connectivity index (χ3n) is 4.70. The second kappa shape index (κ2) is 9.03. The van der Waals surface area contributed by atoms with Crippen LogP contribution in [-0.4, -0.2) is 36.1 Å². The lowest BCUT2D eigenvalue weighted by Gasteiger charge is -2.22. The van der Waals surface area contributed by atoms with Crippen molar-refractivity contribution in [3.63, 3.8) is 0 Å². The van der Waals surface area contributed by atoms with Crippen LogP contribution < -0.4 is 14.8 Å². The molecule has 0 fully saturated rings. The Kier molecular flexibility index (Phi) is 6.49. The van der Waals surface area contributed by atoms with E-state index in [-0.39, 0.29) is 42.6 Å². The Bertz CT molecular complexity index is 875. The molecule has 0 aliphatic carbocycles. The number of carbonyl (C=O) groups excluding carboxylic acids is 2. The van der Waals surface area contributed by atoms with Gasteiger partial charge in [0.2, 0.25) is 5.78 Å². The van der Waals surface area contributed by atoms with E-state index in [1.807, 2.05) is 31.4 Å². The average molecular weight is 401 g/mol. The molecule has 28 heavy (non-hydrogen) atoms. The fourth-order valence-corrected chi connectivity index (χ4v) is 3.46. The first-order valence-corrected chi connectivity index (χ1v) is 10.0. The second-order valence-electron chi connectivity index (χ2n) is 6.64. The van der Waals surface area contributed by atoms with Gasteiger partial charge in [0.05, 0.1) is 18.2 Å². The van der Waals surface area contributed by atoms with Gasteiger partial charge < -0.3 is 19.9 Å². The quantitative estimate of drug-likeness (QED) is 0.663.